The zero-order valence-electron chi connectivity index (χ0n) is 16.3. The Morgan fingerprint density at radius 3 is 2.30 bits per heavy atom. The van der Waals surface area contributed by atoms with Crippen LogP contribution in [0.2, 0.25) is 0 Å². The maximum atomic E-state index is 12.9. The van der Waals surface area contributed by atoms with E-state index in [1.807, 2.05) is 44.2 Å². The highest BCUT2D eigenvalue weighted by molar-refractivity contribution is 5.93. The van der Waals surface area contributed by atoms with Gasteiger partial charge in [0.25, 0.3) is 0 Å². The van der Waals surface area contributed by atoms with Gasteiger partial charge in [0.2, 0.25) is 5.91 Å². The summed E-state index contributed by atoms with van der Waals surface area (Å²) in [5.74, 6) is -1.44. The average Bonchev–Trinajstić information content (AvgIpc) is 2.65. The minimum absolute atomic E-state index is 0.000493. The lowest BCUT2D eigenvalue weighted by Crippen LogP contribution is -2.52. The second-order valence-corrected chi connectivity index (χ2v) is 7.11. The normalized spacial score (nSPS) is 14.3. The van der Waals surface area contributed by atoms with Crippen LogP contribution in [-0.4, -0.2) is 43.4 Å². The van der Waals surface area contributed by atoms with Crippen molar-refractivity contribution in [3.63, 3.8) is 0 Å². The van der Waals surface area contributed by atoms with E-state index in [0.29, 0.717) is 12.8 Å². The van der Waals surface area contributed by atoms with Crippen LogP contribution in [0.5, 0.6) is 0 Å². The fraction of sp³-hybridized carbons (Fsp3) is 0.550. The van der Waals surface area contributed by atoms with Crippen LogP contribution < -0.4 is 16.8 Å². The summed E-state index contributed by atoms with van der Waals surface area (Å²) >= 11 is 0. The van der Waals surface area contributed by atoms with Crippen LogP contribution in [0.15, 0.2) is 30.3 Å². The van der Waals surface area contributed by atoms with Crippen molar-refractivity contribution < 1.29 is 19.1 Å². The third-order valence-corrected chi connectivity index (χ3v) is 4.32. The zero-order valence-corrected chi connectivity index (χ0v) is 16.3. The highest BCUT2D eigenvalue weighted by atomic mass is 16.5. The molecule has 0 spiro atoms. The summed E-state index contributed by atoms with van der Waals surface area (Å²) < 4.78 is 4.83. The molecule has 0 saturated carbocycles. The summed E-state index contributed by atoms with van der Waals surface area (Å²) in [6.07, 6.45) is 0.853. The molecule has 0 radical (unpaired) electrons. The Morgan fingerprint density at radius 2 is 1.78 bits per heavy atom. The summed E-state index contributed by atoms with van der Waals surface area (Å²) in [4.78, 5) is 37.1. The smallest absolute Gasteiger partial charge is 0.309 e. The molecule has 7 nitrogen and oxygen atoms in total. The third kappa shape index (κ3) is 7.88. The van der Waals surface area contributed by atoms with E-state index in [2.05, 4.69) is 5.32 Å². The number of hydrogen-bond acceptors (Lipinski definition) is 6. The van der Waals surface area contributed by atoms with Crippen LogP contribution in [-0.2, 0) is 25.5 Å². The van der Waals surface area contributed by atoms with Gasteiger partial charge in [-0.15, -0.1) is 0 Å². The van der Waals surface area contributed by atoms with E-state index in [1.165, 1.54) is 7.11 Å². The first-order chi connectivity index (χ1) is 12.8. The third-order valence-electron chi connectivity index (χ3n) is 4.32. The standard InChI is InChI=1S/C20H31N3O4/c1-13(2)9-15(20(26)27-3)11-18(24)17(23-19(25)16(22)12-21)10-14-7-5-4-6-8-14/h4-8,13,15-17H,9-12,21-22H2,1-3H3,(H,23,25). The number of rotatable bonds is 11. The first-order valence-electron chi connectivity index (χ1n) is 9.18. The molecule has 150 valence electrons. The Balaban J connectivity index is 2.95. The van der Waals surface area contributed by atoms with Crippen molar-refractivity contribution in [1.82, 2.24) is 5.32 Å². The summed E-state index contributed by atoms with van der Waals surface area (Å²) in [5, 5.41) is 2.69. The van der Waals surface area contributed by atoms with E-state index in [1.54, 1.807) is 0 Å². The molecule has 3 atom stereocenters. The predicted molar refractivity (Wildman–Crippen MR) is 104 cm³/mol. The molecular formula is C20H31N3O4. The van der Waals surface area contributed by atoms with Crippen LogP contribution in [0.3, 0.4) is 0 Å². The predicted octanol–water partition coefficient (Wildman–Crippen LogP) is 0.794. The summed E-state index contributed by atoms with van der Waals surface area (Å²) in [6, 6.07) is 7.68. The number of hydrogen-bond donors (Lipinski definition) is 3. The maximum Gasteiger partial charge on any atom is 0.309 e. The van der Waals surface area contributed by atoms with E-state index >= 15 is 0 Å². The monoisotopic (exact) mass is 377 g/mol. The van der Waals surface area contributed by atoms with Crippen molar-refractivity contribution in [3.05, 3.63) is 35.9 Å². The maximum absolute atomic E-state index is 12.9. The molecule has 7 heteroatoms. The summed E-state index contributed by atoms with van der Waals surface area (Å²) in [6.45, 7) is 3.93. The Kier molecular flexibility index (Phi) is 9.67. The molecule has 5 N–H and O–H groups in total. The van der Waals surface area contributed by atoms with Crippen LogP contribution in [0.4, 0.5) is 0 Å². The number of nitrogens with two attached hydrogens (primary N) is 2. The van der Waals surface area contributed by atoms with E-state index < -0.39 is 29.9 Å². The number of nitrogens with one attached hydrogen (secondary N) is 1. The van der Waals surface area contributed by atoms with Crippen molar-refractivity contribution in [2.24, 2.45) is 23.3 Å². The zero-order chi connectivity index (χ0) is 20.4. The van der Waals surface area contributed by atoms with Gasteiger partial charge in [0, 0.05) is 13.0 Å². The van der Waals surface area contributed by atoms with Crippen LogP contribution >= 0.6 is 0 Å². The van der Waals surface area contributed by atoms with Gasteiger partial charge in [-0.05, 0) is 24.3 Å². The van der Waals surface area contributed by atoms with Gasteiger partial charge in [-0.1, -0.05) is 44.2 Å². The molecular weight excluding hydrogens is 346 g/mol. The van der Waals surface area contributed by atoms with Gasteiger partial charge < -0.3 is 21.5 Å². The highest BCUT2D eigenvalue weighted by Gasteiger charge is 2.29. The molecule has 1 aromatic carbocycles. The molecule has 0 saturated heterocycles. The van der Waals surface area contributed by atoms with Gasteiger partial charge in [0.1, 0.15) is 0 Å². The van der Waals surface area contributed by atoms with Gasteiger partial charge in [-0.25, -0.2) is 0 Å². The number of esters is 1. The lowest BCUT2D eigenvalue weighted by Gasteiger charge is -2.22. The molecule has 0 bridgehead atoms. The quantitative estimate of drug-likeness (QED) is 0.490. The SMILES string of the molecule is COC(=O)C(CC(=O)C(Cc1ccccc1)NC(=O)C(N)CN)CC(C)C. The number of Topliss-reactive ketones (excluding diaryl/α,β-unsaturated/α-hetero) is 1. The Hall–Kier alpha value is -2.25. The number of ketones is 1. The molecule has 1 rings (SSSR count). The van der Waals surface area contributed by atoms with E-state index in [-0.39, 0.29) is 24.7 Å². The summed E-state index contributed by atoms with van der Waals surface area (Å²) in [5.41, 5.74) is 12.0. The largest absolute Gasteiger partial charge is 0.469 e. The number of carbonyl (C=O) groups excluding carboxylic acids is 3. The molecule has 0 aliphatic carbocycles. The number of methoxy groups -OCH3 is 1. The minimum atomic E-state index is -0.886. The molecule has 0 heterocycles. The fourth-order valence-corrected chi connectivity index (χ4v) is 2.86. The second-order valence-electron chi connectivity index (χ2n) is 7.11. The van der Waals surface area contributed by atoms with Crippen molar-refractivity contribution in [2.75, 3.05) is 13.7 Å². The molecule has 27 heavy (non-hydrogen) atoms. The molecule has 0 aliphatic rings. The Morgan fingerprint density at radius 1 is 1.15 bits per heavy atom. The molecule has 1 aromatic rings. The van der Waals surface area contributed by atoms with Crippen LogP contribution in [0.25, 0.3) is 0 Å². The first kappa shape index (κ1) is 22.8. The highest BCUT2D eigenvalue weighted by Crippen LogP contribution is 2.19. The fourth-order valence-electron chi connectivity index (χ4n) is 2.86. The molecule has 0 fully saturated rings. The topological polar surface area (TPSA) is 125 Å². The van der Waals surface area contributed by atoms with Gasteiger partial charge in [0.15, 0.2) is 5.78 Å². The number of benzene rings is 1. The van der Waals surface area contributed by atoms with E-state index in [4.69, 9.17) is 16.2 Å². The number of ether oxygens (including phenoxy) is 1. The van der Waals surface area contributed by atoms with E-state index in [9.17, 15) is 14.4 Å². The van der Waals surface area contributed by atoms with Crippen molar-refractivity contribution in [1.29, 1.82) is 0 Å². The number of amides is 1. The first-order valence-corrected chi connectivity index (χ1v) is 9.18. The van der Waals surface area contributed by atoms with E-state index in [0.717, 1.165) is 5.56 Å². The average molecular weight is 377 g/mol. The van der Waals surface area contributed by atoms with Gasteiger partial charge >= 0.3 is 5.97 Å². The Bertz CT molecular complexity index is 619. The molecule has 0 aliphatic heterocycles. The van der Waals surface area contributed by atoms with Crippen molar-refractivity contribution in [3.8, 4) is 0 Å². The van der Waals surface area contributed by atoms with Crippen LogP contribution in [0, 0.1) is 11.8 Å². The molecule has 0 aromatic heterocycles. The van der Waals surface area contributed by atoms with Crippen molar-refractivity contribution >= 4 is 17.7 Å². The van der Waals surface area contributed by atoms with Crippen molar-refractivity contribution in [2.45, 2.75) is 45.2 Å². The van der Waals surface area contributed by atoms with Gasteiger partial charge in [0.05, 0.1) is 25.1 Å². The molecule has 1 amide bonds. The lowest BCUT2D eigenvalue weighted by atomic mass is 9.89. The number of carbonyl (C=O) groups is 3. The lowest BCUT2D eigenvalue weighted by molar-refractivity contribution is -0.148. The summed E-state index contributed by atoms with van der Waals surface area (Å²) in [7, 11) is 1.31. The molecule has 3 unspecified atom stereocenters. The van der Waals surface area contributed by atoms with Crippen LogP contribution in [0.1, 0.15) is 32.3 Å². The van der Waals surface area contributed by atoms with Gasteiger partial charge in [-0.2, -0.15) is 0 Å². The Labute approximate surface area is 160 Å². The minimum Gasteiger partial charge on any atom is -0.469 e. The second kappa shape index (κ2) is 11.5. The van der Waals surface area contributed by atoms with Gasteiger partial charge in [-0.3, -0.25) is 14.4 Å².